The summed E-state index contributed by atoms with van der Waals surface area (Å²) in [4.78, 5) is 12.1. The molecule has 0 atom stereocenters. The highest BCUT2D eigenvalue weighted by Gasteiger charge is 2.07. The van der Waals surface area contributed by atoms with E-state index >= 15 is 0 Å². The SMILES string of the molecule is CCCCNc1nc(C)nc2[nH]c(C)cc12. The van der Waals surface area contributed by atoms with Crippen molar-refractivity contribution in [3.8, 4) is 0 Å². The number of anilines is 1. The van der Waals surface area contributed by atoms with Gasteiger partial charge in [-0.3, -0.25) is 0 Å². The lowest BCUT2D eigenvalue weighted by atomic mass is 10.3. The molecule has 0 unspecified atom stereocenters. The van der Waals surface area contributed by atoms with Gasteiger partial charge in [-0.05, 0) is 26.3 Å². The molecular weight excluding hydrogens is 200 g/mol. The Morgan fingerprint density at radius 1 is 1.31 bits per heavy atom. The van der Waals surface area contributed by atoms with Gasteiger partial charge in [0.25, 0.3) is 0 Å². The van der Waals surface area contributed by atoms with Gasteiger partial charge in [0, 0.05) is 12.2 Å². The Hall–Kier alpha value is -1.58. The normalized spacial score (nSPS) is 10.9. The Balaban J connectivity index is 2.34. The number of aryl methyl sites for hydroxylation is 2. The van der Waals surface area contributed by atoms with Crippen LogP contribution in [-0.2, 0) is 0 Å². The molecule has 2 heterocycles. The molecular formula is C12H18N4. The Bertz CT molecular complexity index is 487. The van der Waals surface area contributed by atoms with Crippen LogP contribution in [0.3, 0.4) is 0 Å². The van der Waals surface area contributed by atoms with Crippen molar-refractivity contribution in [2.24, 2.45) is 0 Å². The minimum Gasteiger partial charge on any atom is -0.369 e. The lowest BCUT2D eigenvalue weighted by molar-refractivity contribution is 0.830. The van der Waals surface area contributed by atoms with Crippen LogP contribution in [0.1, 0.15) is 31.3 Å². The van der Waals surface area contributed by atoms with Crippen LogP contribution >= 0.6 is 0 Å². The predicted molar refractivity (Wildman–Crippen MR) is 66.8 cm³/mol. The summed E-state index contributed by atoms with van der Waals surface area (Å²) in [5.41, 5.74) is 2.04. The van der Waals surface area contributed by atoms with Crippen molar-refractivity contribution in [2.75, 3.05) is 11.9 Å². The van der Waals surface area contributed by atoms with E-state index in [1.54, 1.807) is 0 Å². The van der Waals surface area contributed by atoms with Crippen molar-refractivity contribution in [2.45, 2.75) is 33.6 Å². The fraction of sp³-hybridized carbons (Fsp3) is 0.500. The maximum Gasteiger partial charge on any atom is 0.143 e. The van der Waals surface area contributed by atoms with Crippen LogP contribution in [0.4, 0.5) is 5.82 Å². The van der Waals surface area contributed by atoms with Gasteiger partial charge < -0.3 is 10.3 Å². The number of hydrogen-bond acceptors (Lipinski definition) is 3. The third-order valence-electron chi connectivity index (χ3n) is 2.56. The van der Waals surface area contributed by atoms with Gasteiger partial charge >= 0.3 is 0 Å². The number of rotatable bonds is 4. The Morgan fingerprint density at radius 2 is 2.12 bits per heavy atom. The maximum absolute atomic E-state index is 4.44. The number of nitrogens with one attached hydrogen (secondary N) is 2. The summed E-state index contributed by atoms with van der Waals surface area (Å²) in [6.07, 6.45) is 2.35. The molecule has 2 aromatic rings. The molecule has 0 aliphatic carbocycles. The van der Waals surface area contributed by atoms with Gasteiger partial charge in [0.2, 0.25) is 0 Å². The van der Waals surface area contributed by atoms with Gasteiger partial charge in [-0.25, -0.2) is 9.97 Å². The summed E-state index contributed by atoms with van der Waals surface area (Å²) < 4.78 is 0. The Labute approximate surface area is 95.5 Å². The fourth-order valence-corrected chi connectivity index (χ4v) is 1.77. The number of fused-ring (bicyclic) bond motifs is 1. The first-order valence-corrected chi connectivity index (χ1v) is 5.78. The summed E-state index contributed by atoms with van der Waals surface area (Å²) in [5.74, 6) is 1.74. The molecule has 2 aromatic heterocycles. The fourth-order valence-electron chi connectivity index (χ4n) is 1.77. The summed E-state index contributed by atoms with van der Waals surface area (Å²) in [7, 11) is 0. The summed E-state index contributed by atoms with van der Waals surface area (Å²) >= 11 is 0. The van der Waals surface area contributed by atoms with E-state index in [0.29, 0.717) is 0 Å². The standard InChI is InChI=1S/C12H18N4/c1-4-5-6-13-11-10-7-8(2)14-12(10)16-9(3)15-11/h7H,4-6H2,1-3H3,(H2,13,14,15,16). The van der Waals surface area contributed by atoms with Crippen molar-refractivity contribution in [3.05, 3.63) is 17.6 Å². The largest absolute Gasteiger partial charge is 0.369 e. The first-order valence-electron chi connectivity index (χ1n) is 5.78. The van der Waals surface area contributed by atoms with Gasteiger partial charge in [0.15, 0.2) is 0 Å². The molecule has 16 heavy (non-hydrogen) atoms. The van der Waals surface area contributed by atoms with E-state index in [2.05, 4.69) is 33.3 Å². The second kappa shape index (κ2) is 4.51. The molecule has 0 saturated heterocycles. The predicted octanol–water partition coefficient (Wildman–Crippen LogP) is 2.79. The molecule has 2 rings (SSSR count). The van der Waals surface area contributed by atoms with E-state index in [-0.39, 0.29) is 0 Å². The first-order chi connectivity index (χ1) is 7.70. The highest BCUT2D eigenvalue weighted by atomic mass is 15.0. The molecule has 0 spiro atoms. The minimum absolute atomic E-state index is 0.799. The third kappa shape index (κ3) is 2.15. The van der Waals surface area contributed by atoms with Gasteiger partial charge in [-0.15, -0.1) is 0 Å². The van der Waals surface area contributed by atoms with Crippen LogP contribution in [0, 0.1) is 13.8 Å². The zero-order valence-corrected chi connectivity index (χ0v) is 10.1. The molecule has 0 radical (unpaired) electrons. The molecule has 0 saturated carbocycles. The zero-order chi connectivity index (χ0) is 11.5. The molecule has 0 fully saturated rings. The summed E-state index contributed by atoms with van der Waals surface area (Å²) in [6, 6.07) is 2.09. The van der Waals surface area contributed by atoms with E-state index in [4.69, 9.17) is 0 Å². The molecule has 0 amide bonds. The number of H-pyrrole nitrogens is 1. The molecule has 4 heteroatoms. The second-order valence-corrected chi connectivity index (χ2v) is 4.11. The monoisotopic (exact) mass is 218 g/mol. The quantitative estimate of drug-likeness (QED) is 0.776. The highest BCUT2D eigenvalue weighted by Crippen LogP contribution is 2.20. The van der Waals surface area contributed by atoms with Gasteiger partial charge in [0.1, 0.15) is 17.3 Å². The van der Waals surface area contributed by atoms with Crippen LogP contribution in [0.2, 0.25) is 0 Å². The van der Waals surface area contributed by atoms with Crippen LogP contribution in [-0.4, -0.2) is 21.5 Å². The van der Waals surface area contributed by atoms with Gasteiger partial charge in [-0.1, -0.05) is 13.3 Å². The Kier molecular flexibility index (Phi) is 3.08. The lowest BCUT2D eigenvalue weighted by Gasteiger charge is -2.06. The van der Waals surface area contributed by atoms with Crippen molar-refractivity contribution >= 4 is 16.9 Å². The summed E-state index contributed by atoms with van der Waals surface area (Å²) in [5, 5.41) is 4.45. The average molecular weight is 218 g/mol. The maximum atomic E-state index is 4.44. The van der Waals surface area contributed by atoms with Gasteiger partial charge in [-0.2, -0.15) is 0 Å². The number of nitrogens with zero attached hydrogens (tertiary/aromatic N) is 2. The Morgan fingerprint density at radius 3 is 2.88 bits per heavy atom. The van der Waals surface area contributed by atoms with Crippen LogP contribution in [0.15, 0.2) is 6.07 Å². The number of unbranched alkanes of at least 4 members (excludes halogenated alkanes) is 1. The van der Waals surface area contributed by atoms with Gasteiger partial charge in [0.05, 0.1) is 5.39 Å². The molecule has 86 valence electrons. The first kappa shape index (κ1) is 10.9. The number of aromatic amines is 1. The van der Waals surface area contributed by atoms with E-state index < -0.39 is 0 Å². The number of aromatic nitrogens is 3. The molecule has 0 aliphatic rings. The molecule has 0 aliphatic heterocycles. The lowest BCUT2D eigenvalue weighted by Crippen LogP contribution is -2.04. The van der Waals surface area contributed by atoms with Crippen molar-refractivity contribution in [1.29, 1.82) is 0 Å². The number of hydrogen-bond donors (Lipinski definition) is 2. The van der Waals surface area contributed by atoms with Crippen molar-refractivity contribution < 1.29 is 0 Å². The summed E-state index contributed by atoms with van der Waals surface area (Å²) in [6.45, 7) is 7.10. The molecule has 0 bridgehead atoms. The molecule has 0 aromatic carbocycles. The van der Waals surface area contributed by atoms with E-state index in [1.807, 2.05) is 13.8 Å². The van der Waals surface area contributed by atoms with E-state index in [1.165, 1.54) is 6.42 Å². The van der Waals surface area contributed by atoms with E-state index in [9.17, 15) is 0 Å². The van der Waals surface area contributed by atoms with Crippen LogP contribution in [0.5, 0.6) is 0 Å². The minimum atomic E-state index is 0.799. The van der Waals surface area contributed by atoms with Crippen molar-refractivity contribution in [3.63, 3.8) is 0 Å². The van der Waals surface area contributed by atoms with Crippen molar-refractivity contribution in [1.82, 2.24) is 15.0 Å². The third-order valence-corrected chi connectivity index (χ3v) is 2.56. The van der Waals surface area contributed by atoms with E-state index in [0.717, 1.165) is 41.3 Å². The average Bonchev–Trinajstić information content (AvgIpc) is 2.58. The second-order valence-electron chi connectivity index (χ2n) is 4.11. The molecule has 2 N–H and O–H groups in total. The highest BCUT2D eigenvalue weighted by molar-refractivity contribution is 5.87. The zero-order valence-electron chi connectivity index (χ0n) is 10.1. The topological polar surface area (TPSA) is 53.6 Å². The van der Waals surface area contributed by atoms with Crippen LogP contribution in [0.25, 0.3) is 11.0 Å². The smallest absolute Gasteiger partial charge is 0.143 e. The molecule has 4 nitrogen and oxygen atoms in total. The van der Waals surface area contributed by atoms with Crippen LogP contribution < -0.4 is 5.32 Å².